The third-order valence-corrected chi connectivity index (χ3v) is 4.35. The van der Waals surface area contributed by atoms with E-state index >= 15 is 0 Å². The molecule has 1 rings (SSSR count). The maximum atomic E-state index is 10.2. The lowest BCUT2D eigenvalue weighted by molar-refractivity contribution is 0.0628. The lowest BCUT2D eigenvalue weighted by Crippen LogP contribution is -2.25. The van der Waals surface area contributed by atoms with Crippen LogP contribution in [0.15, 0.2) is 0 Å². The van der Waals surface area contributed by atoms with Crippen LogP contribution in [0, 0.1) is 17.8 Å². The van der Waals surface area contributed by atoms with Crippen molar-refractivity contribution in [2.75, 3.05) is 0 Å². The van der Waals surface area contributed by atoms with Gasteiger partial charge in [-0.2, -0.15) is 0 Å². The van der Waals surface area contributed by atoms with Crippen molar-refractivity contribution in [3.8, 4) is 0 Å². The van der Waals surface area contributed by atoms with Crippen molar-refractivity contribution in [3.63, 3.8) is 0 Å². The van der Waals surface area contributed by atoms with E-state index < -0.39 is 0 Å². The minimum Gasteiger partial charge on any atom is -0.393 e. The van der Waals surface area contributed by atoms with Gasteiger partial charge in [0.25, 0.3) is 0 Å². The van der Waals surface area contributed by atoms with Gasteiger partial charge < -0.3 is 5.11 Å². The van der Waals surface area contributed by atoms with Crippen molar-refractivity contribution in [1.29, 1.82) is 0 Å². The Morgan fingerprint density at radius 1 is 1.20 bits per heavy atom. The van der Waals surface area contributed by atoms with Gasteiger partial charge in [-0.25, -0.2) is 0 Å². The second-order valence-electron chi connectivity index (χ2n) is 5.37. The van der Waals surface area contributed by atoms with Gasteiger partial charge in [-0.1, -0.05) is 46.5 Å². The highest BCUT2D eigenvalue weighted by Crippen LogP contribution is 2.39. The summed E-state index contributed by atoms with van der Waals surface area (Å²) in [6, 6.07) is 0. The number of hydrogen-bond acceptors (Lipinski definition) is 1. The summed E-state index contributed by atoms with van der Waals surface area (Å²) in [5, 5.41) is 10.2. The van der Waals surface area contributed by atoms with Gasteiger partial charge in [0.05, 0.1) is 6.10 Å². The quantitative estimate of drug-likeness (QED) is 0.660. The lowest BCUT2D eigenvalue weighted by Gasteiger charge is -2.24. The zero-order valence-electron chi connectivity index (χ0n) is 10.7. The molecule has 1 fully saturated rings. The fourth-order valence-corrected chi connectivity index (χ4v) is 2.99. The topological polar surface area (TPSA) is 20.2 Å². The molecule has 1 N–H and O–H groups in total. The second-order valence-corrected chi connectivity index (χ2v) is 5.37. The molecule has 0 aromatic carbocycles. The van der Waals surface area contributed by atoms with Gasteiger partial charge in [0, 0.05) is 0 Å². The highest BCUT2D eigenvalue weighted by atomic mass is 16.3. The Kier molecular flexibility index (Phi) is 5.66. The standard InChI is InChI=1S/C14H28O/c1-4-6-7-8-12-9-10-13(14(12)15)11(3)5-2/h11-15H,4-10H2,1-3H3. The van der Waals surface area contributed by atoms with Gasteiger partial charge in [-0.15, -0.1) is 0 Å². The molecule has 1 aliphatic rings. The largest absolute Gasteiger partial charge is 0.393 e. The Labute approximate surface area is 95.3 Å². The van der Waals surface area contributed by atoms with Crippen LogP contribution in [0.4, 0.5) is 0 Å². The molecule has 90 valence electrons. The maximum Gasteiger partial charge on any atom is 0.0599 e. The normalized spacial score (nSPS) is 33.2. The zero-order chi connectivity index (χ0) is 11.3. The molecule has 1 heteroatoms. The molecule has 15 heavy (non-hydrogen) atoms. The van der Waals surface area contributed by atoms with E-state index in [4.69, 9.17) is 0 Å². The summed E-state index contributed by atoms with van der Waals surface area (Å²) in [7, 11) is 0. The highest BCUT2D eigenvalue weighted by Gasteiger charge is 2.36. The van der Waals surface area contributed by atoms with Crippen LogP contribution in [0.1, 0.15) is 65.7 Å². The molecule has 0 aromatic rings. The van der Waals surface area contributed by atoms with Crippen molar-refractivity contribution in [2.45, 2.75) is 71.8 Å². The number of aliphatic hydroxyl groups excluding tert-OH is 1. The molecule has 0 aliphatic heterocycles. The van der Waals surface area contributed by atoms with Gasteiger partial charge in [0.1, 0.15) is 0 Å². The van der Waals surface area contributed by atoms with Crippen molar-refractivity contribution >= 4 is 0 Å². The molecule has 0 radical (unpaired) electrons. The summed E-state index contributed by atoms with van der Waals surface area (Å²) in [4.78, 5) is 0. The van der Waals surface area contributed by atoms with Crippen molar-refractivity contribution < 1.29 is 5.11 Å². The van der Waals surface area contributed by atoms with Crippen molar-refractivity contribution in [2.24, 2.45) is 17.8 Å². The molecule has 0 bridgehead atoms. The first kappa shape index (κ1) is 13.0. The van der Waals surface area contributed by atoms with Crippen LogP contribution in [0.25, 0.3) is 0 Å². The Hall–Kier alpha value is -0.0400. The van der Waals surface area contributed by atoms with E-state index in [1.807, 2.05) is 0 Å². The van der Waals surface area contributed by atoms with Gasteiger partial charge >= 0.3 is 0 Å². The lowest BCUT2D eigenvalue weighted by atomic mass is 9.86. The fraction of sp³-hybridized carbons (Fsp3) is 1.00. The van der Waals surface area contributed by atoms with Gasteiger partial charge in [-0.3, -0.25) is 0 Å². The zero-order valence-corrected chi connectivity index (χ0v) is 10.7. The SMILES string of the molecule is CCCCCC1CCC(C(C)CC)C1O. The van der Waals surface area contributed by atoms with Crippen LogP contribution in [0.3, 0.4) is 0 Å². The Morgan fingerprint density at radius 2 is 1.93 bits per heavy atom. The first-order valence-electron chi connectivity index (χ1n) is 6.88. The van der Waals surface area contributed by atoms with Gasteiger partial charge in [-0.05, 0) is 37.0 Å². The Morgan fingerprint density at radius 3 is 2.53 bits per heavy atom. The monoisotopic (exact) mass is 212 g/mol. The number of hydrogen-bond donors (Lipinski definition) is 1. The summed E-state index contributed by atoms with van der Waals surface area (Å²) in [5.74, 6) is 1.90. The molecule has 1 nitrogen and oxygen atoms in total. The van der Waals surface area contributed by atoms with E-state index in [0.717, 1.165) is 0 Å². The Balaban J connectivity index is 2.31. The van der Waals surface area contributed by atoms with E-state index in [0.29, 0.717) is 17.8 Å². The minimum atomic E-state index is -0.00296. The first-order chi connectivity index (χ1) is 7.20. The van der Waals surface area contributed by atoms with E-state index in [-0.39, 0.29) is 6.10 Å². The summed E-state index contributed by atoms with van der Waals surface area (Å²) in [6.45, 7) is 6.77. The van der Waals surface area contributed by atoms with E-state index in [1.165, 1.54) is 44.9 Å². The van der Waals surface area contributed by atoms with Gasteiger partial charge in [0.2, 0.25) is 0 Å². The van der Waals surface area contributed by atoms with Crippen LogP contribution in [-0.4, -0.2) is 11.2 Å². The molecule has 0 spiro atoms. The number of unbranched alkanes of at least 4 members (excludes halogenated alkanes) is 2. The smallest absolute Gasteiger partial charge is 0.0599 e. The number of aliphatic hydroxyl groups is 1. The predicted octanol–water partition coefficient (Wildman–Crippen LogP) is 4.00. The number of rotatable bonds is 6. The average Bonchev–Trinajstić information content (AvgIpc) is 2.60. The fourth-order valence-electron chi connectivity index (χ4n) is 2.99. The molecule has 0 heterocycles. The van der Waals surface area contributed by atoms with Crippen LogP contribution >= 0.6 is 0 Å². The van der Waals surface area contributed by atoms with Crippen LogP contribution in [-0.2, 0) is 0 Å². The predicted molar refractivity (Wildman–Crippen MR) is 65.8 cm³/mol. The molecule has 0 aromatic heterocycles. The van der Waals surface area contributed by atoms with Crippen LogP contribution < -0.4 is 0 Å². The summed E-state index contributed by atoms with van der Waals surface area (Å²) in [6.07, 6.45) is 8.91. The molecule has 4 unspecified atom stereocenters. The summed E-state index contributed by atoms with van der Waals surface area (Å²) in [5.41, 5.74) is 0. The van der Waals surface area contributed by atoms with Crippen molar-refractivity contribution in [1.82, 2.24) is 0 Å². The average molecular weight is 212 g/mol. The molecular formula is C14H28O. The molecule has 1 aliphatic carbocycles. The third kappa shape index (κ3) is 3.48. The molecule has 0 amide bonds. The maximum absolute atomic E-state index is 10.2. The molecule has 4 atom stereocenters. The third-order valence-electron chi connectivity index (χ3n) is 4.35. The Bertz CT molecular complexity index is 167. The van der Waals surface area contributed by atoms with Crippen molar-refractivity contribution in [3.05, 3.63) is 0 Å². The molecule has 1 saturated carbocycles. The highest BCUT2D eigenvalue weighted by molar-refractivity contribution is 4.86. The van der Waals surface area contributed by atoms with Crippen LogP contribution in [0.2, 0.25) is 0 Å². The molecule has 0 saturated heterocycles. The summed E-state index contributed by atoms with van der Waals surface area (Å²) >= 11 is 0. The van der Waals surface area contributed by atoms with E-state index in [9.17, 15) is 5.11 Å². The van der Waals surface area contributed by atoms with Gasteiger partial charge in [0.15, 0.2) is 0 Å². The molecular weight excluding hydrogens is 184 g/mol. The second kappa shape index (κ2) is 6.52. The van der Waals surface area contributed by atoms with E-state index in [1.54, 1.807) is 0 Å². The van der Waals surface area contributed by atoms with E-state index in [2.05, 4.69) is 20.8 Å². The first-order valence-corrected chi connectivity index (χ1v) is 6.88. The summed E-state index contributed by atoms with van der Waals surface area (Å²) < 4.78 is 0. The minimum absolute atomic E-state index is 0.00296. The van der Waals surface area contributed by atoms with Crippen LogP contribution in [0.5, 0.6) is 0 Å².